The molecule has 0 saturated heterocycles. The van der Waals surface area contributed by atoms with Crippen LogP contribution in [-0.4, -0.2) is 23.9 Å². The van der Waals surface area contributed by atoms with Gasteiger partial charge >= 0.3 is 0 Å². The number of methoxy groups -OCH3 is 1. The first-order valence-electron chi connectivity index (χ1n) is 9.14. The smallest absolute Gasteiger partial charge is 0.294 e. The van der Waals surface area contributed by atoms with Crippen molar-refractivity contribution in [1.82, 2.24) is 0 Å². The molecule has 2 aromatic carbocycles. The van der Waals surface area contributed by atoms with Crippen LogP contribution in [-0.2, 0) is 9.59 Å². The van der Waals surface area contributed by atoms with Crippen molar-refractivity contribution >= 4 is 17.4 Å². The lowest BCUT2D eigenvalue weighted by Crippen LogP contribution is -2.32. The van der Waals surface area contributed by atoms with E-state index in [1.165, 1.54) is 12.0 Å². The topological polar surface area (TPSA) is 90.6 Å². The molecule has 2 aromatic rings. The molecular formula is C23H22N2O4. The Kier molecular flexibility index (Phi) is 5.17. The lowest BCUT2D eigenvalue weighted by molar-refractivity contribution is -0.123. The number of rotatable bonds is 4. The Balaban J connectivity index is 2.21. The number of hydrogen-bond donors (Lipinski definition) is 1. The predicted octanol–water partition coefficient (Wildman–Crippen LogP) is 4.08. The fourth-order valence-electron chi connectivity index (χ4n) is 3.33. The summed E-state index contributed by atoms with van der Waals surface area (Å²) in [5.74, 6) is -0.951. The molecule has 1 unspecified atom stereocenters. The number of hydrogen-bond acceptors (Lipinski definition) is 5. The number of Topliss-reactive ketones (excluding diaryl/α,β-unsaturated/α-hetero) is 1. The minimum atomic E-state index is -0.808. The molecule has 6 nitrogen and oxygen atoms in total. The summed E-state index contributed by atoms with van der Waals surface area (Å²) in [6.07, 6.45) is 0. The fraction of sp³-hybridized carbons (Fsp3) is 0.261. The summed E-state index contributed by atoms with van der Waals surface area (Å²) < 4.78 is 5.30. The van der Waals surface area contributed by atoms with Crippen molar-refractivity contribution in [3.8, 4) is 11.8 Å². The summed E-state index contributed by atoms with van der Waals surface area (Å²) in [5, 5.41) is 19.7. The van der Waals surface area contributed by atoms with E-state index in [2.05, 4.69) is 0 Å². The van der Waals surface area contributed by atoms with Gasteiger partial charge < -0.3 is 9.84 Å². The molecule has 0 fully saturated rings. The van der Waals surface area contributed by atoms with Gasteiger partial charge in [-0.3, -0.25) is 14.5 Å². The molecule has 29 heavy (non-hydrogen) atoms. The van der Waals surface area contributed by atoms with Gasteiger partial charge in [0.15, 0.2) is 11.5 Å². The maximum absolute atomic E-state index is 13.2. The lowest BCUT2D eigenvalue weighted by Gasteiger charge is -2.29. The van der Waals surface area contributed by atoms with Crippen LogP contribution in [0.15, 0.2) is 59.9 Å². The van der Waals surface area contributed by atoms with Crippen molar-refractivity contribution < 1.29 is 19.4 Å². The van der Waals surface area contributed by atoms with E-state index in [-0.39, 0.29) is 11.4 Å². The highest BCUT2D eigenvalue weighted by molar-refractivity contribution is 6.17. The molecule has 6 heteroatoms. The lowest BCUT2D eigenvalue weighted by atomic mass is 9.82. The predicted molar refractivity (Wildman–Crippen MR) is 108 cm³/mol. The van der Waals surface area contributed by atoms with Gasteiger partial charge in [0, 0.05) is 11.1 Å². The molecule has 1 aliphatic rings. The van der Waals surface area contributed by atoms with Gasteiger partial charge in [-0.1, -0.05) is 32.9 Å². The second-order valence-electron chi connectivity index (χ2n) is 7.85. The maximum atomic E-state index is 13.2. The Hall–Kier alpha value is -3.59. The van der Waals surface area contributed by atoms with Crippen LogP contribution in [0.5, 0.6) is 5.75 Å². The summed E-state index contributed by atoms with van der Waals surface area (Å²) in [6, 6.07) is 14.7. The van der Waals surface area contributed by atoms with Gasteiger partial charge in [0.1, 0.15) is 5.75 Å². The zero-order chi connectivity index (χ0) is 21.3. The number of carbonyl (C=O) groups excluding carboxylic acids is 2. The first-order valence-corrected chi connectivity index (χ1v) is 9.14. The normalized spacial score (nSPS) is 16.7. The summed E-state index contributed by atoms with van der Waals surface area (Å²) in [6.45, 7) is 5.23. The molecule has 1 amide bonds. The molecule has 0 saturated carbocycles. The number of benzene rings is 2. The van der Waals surface area contributed by atoms with Gasteiger partial charge in [0.2, 0.25) is 0 Å². The Morgan fingerprint density at radius 1 is 1.17 bits per heavy atom. The van der Waals surface area contributed by atoms with Crippen LogP contribution >= 0.6 is 0 Å². The number of aliphatic hydroxyl groups excluding tert-OH is 1. The Morgan fingerprint density at radius 3 is 2.38 bits per heavy atom. The first-order chi connectivity index (χ1) is 13.7. The second-order valence-corrected chi connectivity index (χ2v) is 7.85. The molecule has 0 radical (unpaired) electrons. The van der Waals surface area contributed by atoms with Crippen molar-refractivity contribution in [3.05, 3.63) is 71.0 Å². The highest BCUT2D eigenvalue weighted by atomic mass is 16.5. The molecule has 0 bridgehead atoms. The van der Waals surface area contributed by atoms with Crippen molar-refractivity contribution in [2.75, 3.05) is 12.0 Å². The van der Waals surface area contributed by atoms with Crippen LogP contribution in [0.25, 0.3) is 0 Å². The van der Waals surface area contributed by atoms with Crippen molar-refractivity contribution in [3.63, 3.8) is 0 Å². The molecule has 0 aromatic heterocycles. The third kappa shape index (κ3) is 3.59. The molecule has 148 valence electrons. The minimum Gasteiger partial charge on any atom is -0.503 e. The first kappa shape index (κ1) is 20.2. The zero-order valence-electron chi connectivity index (χ0n) is 16.8. The Morgan fingerprint density at radius 2 is 1.83 bits per heavy atom. The highest BCUT2D eigenvalue weighted by Gasteiger charge is 2.46. The molecular weight excluding hydrogens is 368 g/mol. The van der Waals surface area contributed by atoms with Crippen LogP contribution in [0.4, 0.5) is 5.69 Å². The Bertz CT molecular complexity index is 1040. The van der Waals surface area contributed by atoms with E-state index in [0.717, 1.165) is 0 Å². The number of carbonyl (C=O) groups is 2. The number of nitrogens with zero attached hydrogens (tertiary/aromatic N) is 2. The van der Waals surface area contributed by atoms with E-state index in [1.807, 2.05) is 6.07 Å². The number of ether oxygens (including phenoxy) is 1. The van der Waals surface area contributed by atoms with Crippen molar-refractivity contribution in [2.24, 2.45) is 5.41 Å². The maximum Gasteiger partial charge on any atom is 0.294 e. The number of ketones is 1. The van der Waals surface area contributed by atoms with E-state index >= 15 is 0 Å². The zero-order valence-corrected chi connectivity index (χ0v) is 16.8. The largest absolute Gasteiger partial charge is 0.503 e. The van der Waals surface area contributed by atoms with Crippen LogP contribution in [0.1, 0.15) is 37.9 Å². The van der Waals surface area contributed by atoms with Gasteiger partial charge in [-0.25, -0.2) is 0 Å². The van der Waals surface area contributed by atoms with E-state index in [0.29, 0.717) is 22.6 Å². The quantitative estimate of drug-likeness (QED) is 0.849. The third-order valence-corrected chi connectivity index (χ3v) is 4.82. The standard InChI is InChI=1S/C23H22N2O4/c1-23(2,3)21(27)18-19(15-6-5-7-17(12-15)29-4)25(22(28)20(18)26)16-10-8-14(13-24)9-11-16/h5-12,19,26H,1-4H3. The Labute approximate surface area is 169 Å². The SMILES string of the molecule is COc1cccc(C2C(C(=O)C(C)(C)C)=C(O)C(=O)N2c2ccc(C#N)cc2)c1. The molecule has 1 aliphatic heterocycles. The number of amides is 1. The fourth-order valence-corrected chi connectivity index (χ4v) is 3.33. The molecule has 0 aliphatic carbocycles. The monoisotopic (exact) mass is 390 g/mol. The molecule has 0 spiro atoms. The second kappa shape index (κ2) is 7.44. The summed E-state index contributed by atoms with van der Waals surface area (Å²) in [5.41, 5.74) is 0.826. The van der Waals surface area contributed by atoms with Gasteiger partial charge in [-0.05, 0) is 42.0 Å². The number of aliphatic hydroxyl groups is 1. The van der Waals surface area contributed by atoms with Crippen molar-refractivity contribution in [1.29, 1.82) is 5.26 Å². The van der Waals surface area contributed by atoms with Gasteiger partial charge in [-0.15, -0.1) is 0 Å². The number of nitriles is 1. The summed E-state index contributed by atoms with van der Waals surface area (Å²) in [7, 11) is 1.53. The van der Waals surface area contributed by atoms with E-state index in [4.69, 9.17) is 10.00 Å². The van der Waals surface area contributed by atoms with Crippen LogP contribution in [0.2, 0.25) is 0 Å². The van der Waals surface area contributed by atoms with E-state index in [1.54, 1.807) is 69.3 Å². The average molecular weight is 390 g/mol. The van der Waals surface area contributed by atoms with E-state index in [9.17, 15) is 14.7 Å². The van der Waals surface area contributed by atoms with E-state index < -0.39 is 23.1 Å². The average Bonchev–Trinajstić information content (AvgIpc) is 2.97. The van der Waals surface area contributed by atoms with Crippen LogP contribution in [0.3, 0.4) is 0 Å². The van der Waals surface area contributed by atoms with Gasteiger partial charge in [0.25, 0.3) is 5.91 Å². The molecule has 3 rings (SSSR count). The highest BCUT2D eigenvalue weighted by Crippen LogP contribution is 2.43. The molecule has 1 atom stereocenters. The van der Waals surface area contributed by atoms with Gasteiger partial charge in [0.05, 0.1) is 30.4 Å². The van der Waals surface area contributed by atoms with Crippen LogP contribution in [0, 0.1) is 16.7 Å². The van der Waals surface area contributed by atoms with Crippen molar-refractivity contribution in [2.45, 2.75) is 26.8 Å². The molecule has 1 heterocycles. The molecule has 1 N–H and O–H groups in total. The third-order valence-electron chi connectivity index (χ3n) is 4.82. The minimum absolute atomic E-state index is 0.0557. The van der Waals surface area contributed by atoms with Crippen LogP contribution < -0.4 is 9.64 Å². The van der Waals surface area contributed by atoms with Gasteiger partial charge in [-0.2, -0.15) is 5.26 Å². The number of anilines is 1. The summed E-state index contributed by atoms with van der Waals surface area (Å²) in [4.78, 5) is 27.6. The summed E-state index contributed by atoms with van der Waals surface area (Å²) >= 11 is 0.